The fourth-order valence-electron chi connectivity index (χ4n) is 3.45. The molecule has 124 valence electrons. The summed E-state index contributed by atoms with van der Waals surface area (Å²) in [5.41, 5.74) is 2.21. The molecule has 0 unspecified atom stereocenters. The van der Waals surface area contributed by atoms with Crippen LogP contribution in [0.15, 0.2) is 35.4 Å². The molecule has 1 saturated carbocycles. The van der Waals surface area contributed by atoms with Gasteiger partial charge in [0.25, 0.3) is 5.56 Å². The van der Waals surface area contributed by atoms with Crippen LogP contribution in [-0.2, 0) is 0 Å². The van der Waals surface area contributed by atoms with Gasteiger partial charge in [0.15, 0.2) is 0 Å². The van der Waals surface area contributed by atoms with Gasteiger partial charge in [-0.15, -0.1) is 0 Å². The minimum absolute atomic E-state index is 0.144. The van der Waals surface area contributed by atoms with E-state index in [2.05, 4.69) is 25.3 Å². The third-order valence-corrected chi connectivity index (χ3v) is 4.66. The van der Waals surface area contributed by atoms with Gasteiger partial charge in [0, 0.05) is 35.5 Å². The summed E-state index contributed by atoms with van der Waals surface area (Å²) in [6, 6.07) is 5.79. The second-order valence-corrected chi connectivity index (χ2v) is 6.41. The first kappa shape index (κ1) is 14.9. The lowest BCUT2D eigenvalue weighted by Gasteiger charge is -2.16. The van der Waals surface area contributed by atoms with Crippen LogP contribution < -0.4 is 10.9 Å². The van der Waals surface area contributed by atoms with E-state index in [1.807, 2.05) is 18.3 Å². The molecule has 0 saturated heterocycles. The van der Waals surface area contributed by atoms with Gasteiger partial charge in [-0.3, -0.25) is 9.78 Å². The van der Waals surface area contributed by atoms with Crippen molar-refractivity contribution in [1.29, 1.82) is 0 Å². The molecule has 3 aromatic heterocycles. The standard InChI is InChI=1S/C18H21N5O/c24-16-10-15(14-11-20-17-13(14)8-5-9-19-17)22-18(23-16)21-12-6-3-1-2-4-7-12/h5,8-12H,1-4,6-7H2,(H,19,20)(H2,21,22,23,24). The highest BCUT2D eigenvalue weighted by atomic mass is 16.1. The minimum Gasteiger partial charge on any atom is -0.353 e. The zero-order valence-corrected chi connectivity index (χ0v) is 13.5. The van der Waals surface area contributed by atoms with Crippen molar-refractivity contribution in [2.45, 2.75) is 44.6 Å². The number of H-pyrrole nitrogens is 2. The van der Waals surface area contributed by atoms with E-state index in [4.69, 9.17) is 0 Å². The average Bonchev–Trinajstić information content (AvgIpc) is 2.85. The van der Waals surface area contributed by atoms with Crippen LogP contribution in [0.1, 0.15) is 38.5 Å². The van der Waals surface area contributed by atoms with Crippen molar-refractivity contribution in [3.63, 3.8) is 0 Å². The number of anilines is 1. The van der Waals surface area contributed by atoms with Crippen molar-refractivity contribution >= 4 is 17.0 Å². The summed E-state index contributed by atoms with van der Waals surface area (Å²) in [7, 11) is 0. The van der Waals surface area contributed by atoms with Gasteiger partial charge in [-0.25, -0.2) is 9.97 Å². The lowest BCUT2D eigenvalue weighted by Crippen LogP contribution is -2.22. The topological polar surface area (TPSA) is 86.5 Å². The van der Waals surface area contributed by atoms with E-state index in [0.29, 0.717) is 17.7 Å². The molecule has 0 aliphatic heterocycles. The van der Waals surface area contributed by atoms with Crippen molar-refractivity contribution in [3.05, 3.63) is 40.9 Å². The molecular weight excluding hydrogens is 302 g/mol. The van der Waals surface area contributed by atoms with Gasteiger partial charge in [0.2, 0.25) is 5.95 Å². The number of nitrogens with one attached hydrogen (secondary N) is 3. The largest absolute Gasteiger partial charge is 0.353 e. The van der Waals surface area contributed by atoms with Crippen molar-refractivity contribution < 1.29 is 0 Å². The molecule has 4 rings (SSSR count). The Morgan fingerprint density at radius 3 is 2.83 bits per heavy atom. The van der Waals surface area contributed by atoms with E-state index < -0.39 is 0 Å². The molecule has 0 aromatic carbocycles. The van der Waals surface area contributed by atoms with Crippen LogP contribution >= 0.6 is 0 Å². The predicted molar refractivity (Wildman–Crippen MR) is 95.1 cm³/mol. The highest BCUT2D eigenvalue weighted by molar-refractivity contribution is 5.92. The molecule has 1 aliphatic rings. The third-order valence-electron chi connectivity index (χ3n) is 4.66. The average molecular weight is 323 g/mol. The van der Waals surface area contributed by atoms with E-state index in [1.165, 1.54) is 31.7 Å². The molecular formula is C18H21N5O. The summed E-state index contributed by atoms with van der Waals surface area (Å²) in [4.78, 5) is 27.0. The van der Waals surface area contributed by atoms with Gasteiger partial charge in [-0.05, 0) is 25.0 Å². The number of aromatic nitrogens is 4. The van der Waals surface area contributed by atoms with Crippen molar-refractivity contribution in [3.8, 4) is 11.3 Å². The highest BCUT2D eigenvalue weighted by Crippen LogP contribution is 2.26. The molecule has 0 atom stereocenters. The molecule has 0 bridgehead atoms. The molecule has 0 amide bonds. The van der Waals surface area contributed by atoms with Crippen LogP contribution in [0, 0.1) is 0 Å². The Bertz CT molecular complexity index is 890. The van der Waals surface area contributed by atoms with Crippen LogP contribution in [0.4, 0.5) is 5.95 Å². The first-order chi connectivity index (χ1) is 11.8. The van der Waals surface area contributed by atoms with E-state index in [9.17, 15) is 4.79 Å². The molecule has 3 heterocycles. The Morgan fingerprint density at radius 1 is 1.17 bits per heavy atom. The Hall–Kier alpha value is -2.63. The number of nitrogens with zero attached hydrogens (tertiary/aromatic N) is 2. The SMILES string of the molecule is O=c1cc(-c2c[nH]c3ncccc23)nc(NC2CCCCCC2)[nH]1. The van der Waals surface area contributed by atoms with Gasteiger partial charge in [0.05, 0.1) is 5.69 Å². The van der Waals surface area contributed by atoms with Gasteiger partial charge >= 0.3 is 0 Å². The Labute approximate surface area is 139 Å². The van der Waals surface area contributed by atoms with E-state index in [1.54, 1.807) is 6.20 Å². The maximum Gasteiger partial charge on any atom is 0.252 e. The van der Waals surface area contributed by atoms with E-state index >= 15 is 0 Å². The minimum atomic E-state index is -0.144. The molecule has 0 spiro atoms. The molecule has 3 N–H and O–H groups in total. The van der Waals surface area contributed by atoms with Gasteiger partial charge in [-0.1, -0.05) is 25.7 Å². The molecule has 6 heteroatoms. The van der Waals surface area contributed by atoms with Crippen LogP contribution in [0.2, 0.25) is 0 Å². The number of hydrogen-bond donors (Lipinski definition) is 3. The number of hydrogen-bond acceptors (Lipinski definition) is 4. The Balaban J connectivity index is 1.67. The summed E-state index contributed by atoms with van der Waals surface area (Å²) in [6.45, 7) is 0. The van der Waals surface area contributed by atoms with Crippen molar-refractivity contribution in [2.24, 2.45) is 0 Å². The normalized spacial score (nSPS) is 16.2. The molecule has 24 heavy (non-hydrogen) atoms. The fraction of sp³-hybridized carbons (Fsp3) is 0.389. The Kier molecular flexibility index (Phi) is 4.02. The summed E-state index contributed by atoms with van der Waals surface area (Å²) in [6.07, 6.45) is 10.9. The van der Waals surface area contributed by atoms with Gasteiger partial charge in [0.1, 0.15) is 5.65 Å². The van der Waals surface area contributed by atoms with Crippen LogP contribution in [0.3, 0.4) is 0 Å². The number of rotatable bonds is 3. The second-order valence-electron chi connectivity index (χ2n) is 6.41. The molecule has 1 fully saturated rings. The van der Waals surface area contributed by atoms with Gasteiger partial charge in [-0.2, -0.15) is 0 Å². The van der Waals surface area contributed by atoms with Crippen molar-refractivity contribution in [2.75, 3.05) is 5.32 Å². The van der Waals surface area contributed by atoms with Crippen molar-refractivity contribution in [1.82, 2.24) is 19.9 Å². The maximum atomic E-state index is 12.1. The second kappa shape index (κ2) is 6.47. The Morgan fingerprint density at radius 2 is 2.00 bits per heavy atom. The molecule has 6 nitrogen and oxygen atoms in total. The zero-order valence-electron chi connectivity index (χ0n) is 13.5. The molecule has 3 aromatic rings. The third kappa shape index (κ3) is 3.04. The predicted octanol–water partition coefficient (Wildman–Crippen LogP) is 3.45. The van der Waals surface area contributed by atoms with E-state index in [-0.39, 0.29) is 5.56 Å². The fourth-order valence-corrected chi connectivity index (χ4v) is 3.45. The first-order valence-electron chi connectivity index (χ1n) is 8.60. The number of pyridine rings is 1. The molecule has 1 aliphatic carbocycles. The zero-order chi connectivity index (χ0) is 16.4. The summed E-state index contributed by atoms with van der Waals surface area (Å²) in [5.74, 6) is 0.558. The first-order valence-corrected chi connectivity index (χ1v) is 8.60. The molecule has 0 radical (unpaired) electrons. The quantitative estimate of drug-likeness (QED) is 0.644. The van der Waals surface area contributed by atoms with Crippen LogP contribution in [-0.4, -0.2) is 26.0 Å². The van der Waals surface area contributed by atoms with E-state index in [0.717, 1.165) is 29.4 Å². The lowest BCUT2D eigenvalue weighted by molar-refractivity contribution is 0.614. The highest BCUT2D eigenvalue weighted by Gasteiger charge is 2.15. The summed E-state index contributed by atoms with van der Waals surface area (Å²) < 4.78 is 0. The van der Waals surface area contributed by atoms with Gasteiger partial charge < -0.3 is 10.3 Å². The maximum absolute atomic E-state index is 12.1. The van der Waals surface area contributed by atoms with Crippen LogP contribution in [0.25, 0.3) is 22.3 Å². The number of fused-ring (bicyclic) bond motifs is 1. The summed E-state index contributed by atoms with van der Waals surface area (Å²) >= 11 is 0. The van der Waals surface area contributed by atoms with Crippen LogP contribution in [0.5, 0.6) is 0 Å². The lowest BCUT2D eigenvalue weighted by atomic mass is 10.1. The smallest absolute Gasteiger partial charge is 0.252 e. The summed E-state index contributed by atoms with van der Waals surface area (Å²) in [5, 5.41) is 4.39. The number of aromatic amines is 2. The monoisotopic (exact) mass is 323 g/mol.